The molecule has 0 rings (SSSR count). The van der Waals surface area contributed by atoms with Crippen molar-refractivity contribution in [3.63, 3.8) is 0 Å². The zero-order valence-electron chi connectivity index (χ0n) is 7.46. The van der Waals surface area contributed by atoms with Gasteiger partial charge in [-0.1, -0.05) is 32.1 Å². The Morgan fingerprint density at radius 2 is 2.00 bits per heavy atom. The van der Waals surface area contributed by atoms with Crippen molar-refractivity contribution in [2.45, 2.75) is 20.8 Å². The molecule has 2 N–H and O–H groups in total. The Kier molecular flexibility index (Phi) is 4.27. The van der Waals surface area contributed by atoms with Crippen molar-refractivity contribution >= 4 is 5.71 Å². The molecule has 0 saturated heterocycles. The van der Waals surface area contributed by atoms with Gasteiger partial charge in [0.25, 0.3) is 0 Å². The average Bonchev–Trinajstić information content (AvgIpc) is 1.87. The largest absolute Gasteiger partial charge is 0.323 e. The smallest absolute Gasteiger partial charge is 0.0626 e. The molecule has 0 aromatic rings. The highest BCUT2D eigenvalue weighted by Gasteiger charge is 1.98. The van der Waals surface area contributed by atoms with Crippen LogP contribution < -0.4 is 5.84 Å². The van der Waals surface area contributed by atoms with Gasteiger partial charge < -0.3 is 5.84 Å². The number of hydrogen-bond acceptors (Lipinski definition) is 2. The van der Waals surface area contributed by atoms with Crippen LogP contribution in [-0.4, -0.2) is 5.71 Å². The maximum absolute atomic E-state index is 5.17. The van der Waals surface area contributed by atoms with E-state index >= 15 is 0 Å². The van der Waals surface area contributed by atoms with Gasteiger partial charge in [-0.05, 0) is 18.9 Å². The van der Waals surface area contributed by atoms with Gasteiger partial charge in [0.2, 0.25) is 0 Å². The number of rotatable bonds is 3. The van der Waals surface area contributed by atoms with Crippen LogP contribution in [0.15, 0.2) is 29.4 Å². The summed E-state index contributed by atoms with van der Waals surface area (Å²) in [6, 6.07) is 0. The molecule has 0 amide bonds. The number of allylic oxidation sites excluding steroid dienone is 3. The third-order valence-corrected chi connectivity index (χ3v) is 1.28. The first-order chi connectivity index (χ1) is 5.07. The lowest BCUT2D eigenvalue weighted by molar-refractivity contribution is 0.880. The molecule has 0 spiro atoms. The van der Waals surface area contributed by atoms with Crippen LogP contribution in [0.2, 0.25) is 0 Å². The van der Waals surface area contributed by atoms with E-state index < -0.39 is 0 Å². The molecule has 0 aliphatic rings. The van der Waals surface area contributed by atoms with Crippen molar-refractivity contribution in [3.8, 4) is 0 Å². The molecule has 62 valence electrons. The number of hydrogen-bond donors (Lipinski definition) is 1. The Bertz CT molecular complexity index is 188. The second-order valence-corrected chi connectivity index (χ2v) is 2.89. The zero-order valence-corrected chi connectivity index (χ0v) is 7.46. The highest BCUT2D eigenvalue weighted by atomic mass is 15.1. The predicted molar refractivity (Wildman–Crippen MR) is 50.4 cm³/mol. The fraction of sp³-hybridized carbons (Fsp3) is 0.444. The van der Waals surface area contributed by atoms with Gasteiger partial charge in [-0.25, -0.2) is 0 Å². The van der Waals surface area contributed by atoms with Crippen molar-refractivity contribution in [2.75, 3.05) is 0 Å². The van der Waals surface area contributed by atoms with Crippen LogP contribution in [0, 0.1) is 5.92 Å². The summed E-state index contributed by atoms with van der Waals surface area (Å²) in [7, 11) is 0. The minimum absolute atomic E-state index is 0.371. The van der Waals surface area contributed by atoms with Crippen molar-refractivity contribution < 1.29 is 0 Å². The number of hydrazone groups is 1. The first-order valence-corrected chi connectivity index (χ1v) is 3.69. The van der Waals surface area contributed by atoms with Crippen LogP contribution in [0.25, 0.3) is 0 Å². The van der Waals surface area contributed by atoms with Gasteiger partial charge in [-0.15, -0.1) is 0 Å². The molecule has 0 saturated carbocycles. The molecular formula is C9H16N2. The highest BCUT2D eigenvalue weighted by molar-refractivity contribution is 5.96. The van der Waals surface area contributed by atoms with Crippen LogP contribution in [0.3, 0.4) is 0 Å². The molecule has 0 aliphatic heterocycles. The first kappa shape index (κ1) is 9.95. The number of nitrogens with zero attached hydrogens (tertiary/aromatic N) is 1. The molecular weight excluding hydrogens is 136 g/mol. The molecule has 0 bridgehead atoms. The molecule has 2 heteroatoms. The summed E-state index contributed by atoms with van der Waals surface area (Å²) < 4.78 is 0. The second-order valence-electron chi connectivity index (χ2n) is 2.89. The zero-order chi connectivity index (χ0) is 8.85. The lowest BCUT2D eigenvalue weighted by atomic mass is 10.1. The van der Waals surface area contributed by atoms with Crippen molar-refractivity contribution in [1.82, 2.24) is 0 Å². The Balaban J connectivity index is 4.22. The van der Waals surface area contributed by atoms with Crippen LogP contribution in [0.4, 0.5) is 0 Å². The van der Waals surface area contributed by atoms with Crippen LogP contribution in [-0.2, 0) is 0 Å². The summed E-state index contributed by atoms with van der Waals surface area (Å²) >= 11 is 0. The summed E-state index contributed by atoms with van der Waals surface area (Å²) in [5.74, 6) is 5.54. The number of nitrogens with two attached hydrogens (primary N) is 1. The summed E-state index contributed by atoms with van der Waals surface area (Å²) in [6.45, 7) is 9.77. The van der Waals surface area contributed by atoms with E-state index in [-0.39, 0.29) is 0 Å². The molecule has 2 nitrogen and oxygen atoms in total. The third kappa shape index (κ3) is 4.37. The molecule has 0 aromatic heterocycles. The molecule has 0 aromatic carbocycles. The molecule has 0 aliphatic carbocycles. The lowest BCUT2D eigenvalue weighted by Crippen LogP contribution is -2.06. The minimum Gasteiger partial charge on any atom is -0.323 e. The monoisotopic (exact) mass is 152 g/mol. The normalized spacial score (nSPS) is 12.9. The highest BCUT2D eigenvalue weighted by Crippen LogP contribution is 1.99. The van der Waals surface area contributed by atoms with E-state index in [2.05, 4.69) is 25.5 Å². The second kappa shape index (κ2) is 4.72. The molecule has 0 radical (unpaired) electrons. The van der Waals surface area contributed by atoms with E-state index in [1.807, 2.05) is 19.1 Å². The third-order valence-electron chi connectivity index (χ3n) is 1.28. The van der Waals surface area contributed by atoms with Crippen molar-refractivity contribution in [3.05, 3.63) is 24.3 Å². The summed E-state index contributed by atoms with van der Waals surface area (Å²) in [5.41, 5.74) is 1.90. The van der Waals surface area contributed by atoms with E-state index in [1.54, 1.807) is 0 Å². The minimum atomic E-state index is 0.371. The topological polar surface area (TPSA) is 38.4 Å². The summed E-state index contributed by atoms with van der Waals surface area (Å²) in [6.07, 6.45) is 3.80. The van der Waals surface area contributed by atoms with Gasteiger partial charge in [0.05, 0.1) is 5.71 Å². The van der Waals surface area contributed by atoms with Crippen LogP contribution in [0.1, 0.15) is 20.8 Å². The molecule has 11 heavy (non-hydrogen) atoms. The quantitative estimate of drug-likeness (QED) is 0.286. The summed E-state index contributed by atoms with van der Waals surface area (Å²) in [4.78, 5) is 0. The Labute approximate surface area is 68.5 Å². The maximum atomic E-state index is 5.17. The summed E-state index contributed by atoms with van der Waals surface area (Å²) in [5, 5.41) is 3.65. The van der Waals surface area contributed by atoms with E-state index in [0.29, 0.717) is 5.92 Å². The molecule has 0 fully saturated rings. The Hall–Kier alpha value is -1.05. The fourth-order valence-electron chi connectivity index (χ4n) is 0.612. The standard InChI is InChI=1S/C9H16N2/c1-7(2)5-6-9(11-10)8(3)4/h5-6,8H,1,10H2,2-4H3/b6-5-,11-9+. The molecule has 0 unspecified atom stereocenters. The van der Waals surface area contributed by atoms with Gasteiger partial charge in [-0.2, -0.15) is 5.10 Å². The molecule has 0 atom stereocenters. The lowest BCUT2D eigenvalue weighted by Gasteiger charge is -2.01. The van der Waals surface area contributed by atoms with Crippen molar-refractivity contribution in [2.24, 2.45) is 16.9 Å². The van der Waals surface area contributed by atoms with Gasteiger partial charge >= 0.3 is 0 Å². The predicted octanol–water partition coefficient (Wildman–Crippen LogP) is 2.09. The van der Waals surface area contributed by atoms with Gasteiger partial charge in [0.15, 0.2) is 0 Å². The maximum Gasteiger partial charge on any atom is 0.0626 e. The van der Waals surface area contributed by atoms with Gasteiger partial charge in [0, 0.05) is 0 Å². The SMILES string of the molecule is C=C(C)/C=C\C(=N/N)C(C)C. The van der Waals surface area contributed by atoms with E-state index in [1.165, 1.54) is 0 Å². The van der Waals surface area contributed by atoms with E-state index in [9.17, 15) is 0 Å². The fourth-order valence-corrected chi connectivity index (χ4v) is 0.612. The van der Waals surface area contributed by atoms with E-state index in [0.717, 1.165) is 11.3 Å². The van der Waals surface area contributed by atoms with Crippen LogP contribution in [0.5, 0.6) is 0 Å². The van der Waals surface area contributed by atoms with E-state index in [4.69, 9.17) is 5.84 Å². The van der Waals surface area contributed by atoms with Crippen LogP contribution >= 0.6 is 0 Å². The Morgan fingerprint density at radius 1 is 1.45 bits per heavy atom. The average molecular weight is 152 g/mol. The van der Waals surface area contributed by atoms with Gasteiger partial charge in [-0.3, -0.25) is 0 Å². The first-order valence-electron chi connectivity index (χ1n) is 3.69. The van der Waals surface area contributed by atoms with Gasteiger partial charge in [0.1, 0.15) is 0 Å². The Morgan fingerprint density at radius 3 is 2.27 bits per heavy atom. The molecule has 0 heterocycles. The van der Waals surface area contributed by atoms with Crippen molar-refractivity contribution in [1.29, 1.82) is 0 Å².